The van der Waals surface area contributed by atoms with Gasteiger partial charge in [-0.15, -0.1) is 0 Å². The first-order valence-electron chi connectivity index (χ1n) is 7.15. The van der Waals surface area contributed by atoms with Crippen molar-refractivity contribution in [3.05, 3.63) is 38.9 Å². The van der Waals surface area contributed by atoms with Crippen LogP contribution in [0, 0.1) is 15.5 Å². The number of nitro benzene ring substituents is 1. The highest BCUT2D eigenvalue weighted by atomic mass is 35.5. The Kier molecular flexibility index (Phi) is 4.66. The molecule has 1 N–H and O–H groups in total. The second-order valence-corrected chi connectivity index (χ2v) is 6.18. The largest absolute Gasteiger partial charge is 0.314 e. The van der Waals surface area contributed by atoms with Gasteiger partial charge in [-0.1, -0.05) is 18.5 Å². The van der Waals surface area contributed by atoms with Crippen molar-refractivity contribution < 1.29 is 4.92 Å². The molecule has 1 aromatic rings. The highest BCUT2D eigenvalue weighted by Gasteiger charge is 2.47. The number of nitrogens with zero attached hydrogens (tertiary/aromatic N) is 1. The van der Waals surface area contributed by atoms with E-state index in [0.29, 0.717) is 11.1 Å². The molecular weight excluding hydrogens is 276 g/mol. The summed E-state index contributed by atoms with van der Waals surface area (Å²) in [6.07, 6.45) is 4.06. The summed E-state index contributed by atoms with van der Waals surface area (Å²) in [6, 6.07) is 5.21. The molecule has 0 bridgehead atoms. The zero-order valence-corrected chi connectivity index (χ0v) is 12.7. The van der Waals surface area contributed by atoms with E-state index in [1.807, 2.05) is 0 Å². The normalized spacial score (nSPS) is 17.8. The lowest BCUT2D eigenvalue weighted by atomic mass is 9.89. The van der Waals surface area contributed by atoms with Gasteiger partial charge in [-0.3, -0.25) is 10.1 Å². The van der Waals surface area contributed by atoms with Crippen LogP contribution in [-0.2, 0) is 6.42 Å². The smallest absolute Gasteiger partial charge is 0.272 e. The molecule has 1 aromatic carbocycles. The van der Waals surface area contributed by atoms with E-state index in [9.17, 15) is 10.1 Å². The Morgan fingerprint density at radius 1 is 1.50 bits per heavy atom. The van der Waals surface area contributed by atoms with Gasteiger partial charge in [0.15, 0.2) is 0 Å². The monoisotopic (exact) mass is 296 g/mol. The summed E-state index contributed by atoms with van der Waals surface area (Å²) in [7, 11) is 0. The number of nitrogens with one attached hydrogen (secondary N) is 1. The number of benzene rings is 1. The van der Waals surface area contributed by atoms with E-state index in [2.05, 4.69) is 19.2 Å². The first-order valence-corrected chi connectivity index (χ1v) is 7.52. The maximum atomic E-state index is 11.1. The molecule has 0 aromatic heterocycles. The molecule has 0 heterocycles. The van der Waals surface area contributed by atoms with Gasteiger partial charge in [0.05, 0.1) is 4.92 Å². The van der Waals surface area contributed by atoms with Crippen molar-refractivity contribution >= 4 is 17.3 Å². The molecule has 1 atom stereocenters. The van der Waals surface area contributed by atoms with Crippen LogP contribution in [0.15, 0.2) is 18.2 Å². The van der Waals surface area contributed by atoms with E-state index < -0.39 is 0 Å². The summed E-state index contributed by atoms with van der Waals surface area (Å²) in [5.74, 6) is 0. The van der Waals surface area contributed by atoms with Crippen LogP contribution in [0.25, 0.3) is 0 Å². The Bertz CT molecular complexity index is 501. The average Bonchev–Trinajstić information content (AvgIpc) is 3.16. The molecule has 1 aliphatic rings. The molecule has 4 nitrogen and oxygen atoms in total. The number of halogens is 1. The highest BCUT2D eigenvalue weighted by Crippen LogP contribution is 2.52. The molecule has 5 heteroatoms. The van der Waals surface area contributed by atoms with E-state index >= 15 is 0 Å². The average molecular weight is 297 g/mol. The first kappa shape index (κ1) is 15.3. The minimum Gasteiger partial charge on any atom is -0.314 e. The van der Waals surface area contributed by atoms with E-state index in [1.54, 1.807) is 12.1 Å². The summed E-state index contributed by atoms with van der Waals surface area (Å²) in [6.45, 7) is 5.31. The van der Waals surface area contributed by atoms with Gasteiger partial charge in [0, 0.05) is 22.7 Å². The molecule has 110 valence electrons. The zero-order chi connectivity index (χ0) is 14.8. The predicted octanol–water partition coefficient (Wildman–Crippen LogP) is 3.96. The number of hydrogen-bond acceptors (Lipinski definition) is 3. The van der Waals surface area contributed by atoms with Crippen LogP contribution in [0.5, 0.6) is 0 Å². The second kappa shape index (κ2) is 6.10. The summed E-state index contributed by atoms with van der Waals surface area (Å²) in [5, 5.41) is 15.2. The van der Waals surface area contributed by atoms with Crippen molar-refractivity contribution in [2.24, 2.45) is 5.41 Å². The molecule has 0 amide bonds. The van der Waals surface area contributed by atoms with Crippen LogP contribution < -0.4 is 5.32 Å². The topological polar surface area (TPSA) is 55.2 Å². The molecule has 0 aliphatic heterocycles. The number of rotatable bonds is 7. The zero-order valence-electron chi connectivity index (χ0n) is 12.0. The Hall–Kier alpha value is -1.13. The molecule has 1 fully saturated rings. The minimum absolute atomic E-state index is 0.157. The molecular formula is C15H21ClN2O2. The maximum absolute atomic E-state index is 11.1. The fourth-order valence-corrected chi connectivity index (χ4v) is 2.95. The Morgan fingerprint density at radius 3 is 2.75 bits per heavy atom. The summed E-state index contributed by atoms with van der Waals surface area (Å²) >= 11 is 6.00. The predicted molar refractivity (Wildman–Crippen MR) is 81.2 cm³/mol. The standard InChI is InChI=1S/C15H21ClN2O2/c1-3-8-17-11(2)15(6-7-15)10-12-9-13(16)4-5-14(12)18(19)20/h4-5,9,11,17H,3,6-8,10H2,1-2H3. The van der Waals surface area contributed by atoms with E-state index in [-0.39, 0.29) is 16.0 Å². The van der Waals surface area contributed by atoms with Gasteiger partial charge in [0.25, 0.3) is 5.69 Å². The van der Waals surface area contributed by atoms with Crippen molar-refractivity contribution in [3.63, 3.8) is 0 Å². The summed E-state index contributed by atoms with van der Waals surface area (Å²) in [5.41, 5.74) is 1.10. The molecule has 0 radical (unpaired) electrons. The van der Waals surface area contributed by atoms with Crippen molar-refractivity contribution in [1.82, 2.24) is 5.32 Å². The van der Waals surface area contributed by atoms with Crippen LogP contribution >= 0.6 is 11.6 Å². The highest BCUT2D eigenvalue weighted by molar-refractivity contribution is 6.30. The van der Waals surface area contributed by atoms with Gasteiger partial charge in [-0.05, 0) is 56.7 Å². The fraction of sp³-hybridized carbons (Fsp3) is 0.600. The van der Waals surface area contributed by atoms with Crippen LogP contribution in [0.4, 0.5) is 5.69 Å². The Labute approximate surface area is 124 Å². The lowest BCUT2D eigenvalue weighted by Crippen LogP contribution is -2.36. The Balaban J connectivity index is 2.17. The van der Waals surface area contributed by atoms with Gasteiger partial charge in [0.1, 0.15) is 0 Å². The summed E-state index contributed by atoms with van der Waals surface area (Å²) < 4.78 is 0. The van der Waals surface area contributed by atoms with Gasteiger partial charge in [-0.2, -0.15) is 0 Å². The van der Waals surface area contributed by atoms with Gasteiger partial charge >= 0.3 is 0 Å². The molecule has 20 heavy (non-hydrogen) atoms. The summed E-state index contributed by atoms with van der Waals surface area (Å²) in [4.78, 5) is 10.8. The van der Waals surface area contributed by atoms with Gasteiger partial charge in [0.2, 0.25) is 0 Å². The molecule has 2 rings (SSSR count). The van der Waals surface area contributed by atoms with Crippen LogP contribution in [-0.4, -0.2) is 17.5 Å². The molecule has 1 unspecified atom stereocenters. The van der Waals surface area contributed by atoms with E-state index in [4.69, 9.17) is 11.6 Å². The third-order valence-electron chi connectivity index (χ3n) is 4.29. The molecule has 0 spiro atoms. The second-order valence-electron chi connectivity index (χ2n) is 5.75. The fourth-order valence-electron chi connectivity index (χ4n) is 2.75. The molecule has 1 aliphatic carbocycles. The van der Waals surface area contributed by atoms with Crippen LogP contribution in [0.1, 0.15) is 38.7 Å². The van der Waals surface area contributed by atoms with Crippen molar-refractivity contribution in [1.29, 1.82) is 0 Å². The van der Waals surface area contributed by atoms with Crippen molar-refractivity contribution in [2.45, 2.75) is 45.6 Å². The quantitative estimate of drug-likeness (QED) is 0.612. The molecule has 0 saturated heterocycles. The number of nitro groups is 1. The third-order valence-corrected chi connectivity index (χ3v) is 4.53. The van der Waals surface area contributed by atoms with Gasteiger partial charge in [-0.25, -0.2) is 0 Å². The van der Waals surface area contributed by atoms with Gasteiger partial charge < -0.3 is 5.32 Å². The third kappa shape index (κ3) is 3.30. The van der Waals surface area contributed by atoms with Crippen molar-refractivity contribution in [3.8, 4) is 0 Å². The first-order chi connectivity index (χ1) is 9.48. The van der Waals surface area contributed by atoms with Crippen LogP contribution in [0.2, 0.25) is 5.02 Å². The minimum atomic E-state index is -0.314. The lowest BCUT2D eigenvalue weighted by Gasteiger charge is -2.24. The number of hydrogen-bond donors (Lipinski definition) is 1. The van der Waals surface area contributed by atoms with E-state index in [0.717, 1.165) is 37.8 Å². The maximum Gasteiger partial charge on any atom is 0.272 e. The van der Waals surface area contributed by atoms with E-state index in [1.165, 1.54) is 6.07 Å². The molecule has 1 saturated carbocycles. The van der Waals surface area contributed by atoms with Crippen LogP contribution in [0.3, 0.4) is 0 Å². The SMILES string of the molecule is CCCNC(C)C1(Cc2cc(Cl)ccc2[N+](=O)[O-])CC1. The van der Waals surface area contributed by atoms with Crippen molar-refractivity contribution in [2.75, 3.05) is 6.54 Å². The Morgan fingerprint density at radius 2 is 2.20 bits per heavy atom. The lowest BCUT2D eigenvalue weighted by molar-refractivity contribution is -0.385.